The molecule has 0 aliphatic rings. The second kappa shape index (κ2) is 7.97. The average Bonchev–Trinajstić information content (AvgIpc) is 2.63. The van der Waals surface area contributed by atoms with Crippen molar-refractivity contribution in [2.24, 2.45) is 11.1 Å². The molecule has 0 saturated heterocycles. The molecule has 0 aromatic heterocycles. The van der Waals surface area contributed by atoms with E-state index in [0.717, 1.165) is 12.2 Å². The Bertz CT molecular complexity index is 914. The van der Waals surface area contributed by atoms with E-state index in [-0.39, 0.29) is 11.0 Å². The molecule has 148 valence electrons. The molecule has 0 radical (unpaired) electrons. The molecular weight excluding hydrogens is 342 g/mol. The van der Waals surface area contributed by atoms with Gasteiger partial charge >= 0.3 is 0 Å². The Hall–Kier alpha value is -2.32. The Morgan fingerprint density at radius 3 is 2.07 bits per heavy atom. The van der Waals surface area contributed by atoms with Gasteiger partial charge in [-0.15, -0.1) is 0 Å². The van der Waals surface area contributed by atoms with Crippen molar-refractivity contribution in [2.45, 2.75) is 59.1 Å². The monoisotopic (exact) mass is 375 g/mol. The first-order valence-electron chi connectivity index (χ1n) is 10.1. The zero-order valence-corrected chi connectivity index (χ0v) is 17.8. The van der Waals surface area contributed by atoms with Crippen LogP contribution in [0.5, 0.6) is 5.75 Å². The van der Waals surface area contributed by atoms with E-state index in [4.69, 9.17) is 10.5 Å². The third-order valence-corrected chi connectivity index (χ3v) is 5.28. The Balaban J connectivity index is 1.70. The predicted octanol–water partition coefficient (Wildman–Crippen LogP) is 6.68. The first kappa shape index (κ1) is 20.4. The van der Waals surface area contributed by atoms with Crippen molar-refractivity contribution >= 4 is 10.8 Å². The third kappa shape index (κ3) is 5.36. The molecule has 2 nitrogen and oxygen atoms in total. The minimum absolute atomic E-state index is 0.157. The molecule has 0 aliphatic heterocycles. The SMILES string of the molecule is CC(C)(N)CC(c1ccc(OCc2ccc3ccccc3c2)cc1)C(C)(C)C. The highest BCUT2D eigenvalue weighted by atomic mass is 16.5. The molecule has 2 N–H and O–H groups in total. The minimum atomic E-state index is -0.191. The Morgan fingerprint density at radius 1 is 0.821 bits per heavy atom. The molecule has 1 atom stereocenters. The van der Waals surface area contributed by atoms with E-state index in [2.05, 4.69) is 101 Å². The van der Waals surface area contributed by atoms with Crippen molar-refractivity contribution in [3.05, 3.63) is 77.9 Å². The van der Waals surface area contributed by atoms with E-state index in [1.54, 1.807) is 0 Å². The highest BCUT2D eigenvalue weighted by Gasteiger charge is 2.30. The Kier molecular flexibility index (Phi) is 5.81. The number of hydrogen-bond donors (Lipinski definition) is 1. The van der Waals surface area contributed by atoms with Crippen LogP contribution in [0, 0.1) is 5.41 Å². The molecule has 2 heteroatoms. The molecule has 28 heavy (non-hydrogen) atoms. The minimum Gasteiger partial charge on any atom is -0.489 e. The first-order chi connectivity index (χ1) is 13.1. The summed E-state index contributed by atoms with van der Waals surface area (Å²) in [6.45, 7) is 11.6. The maximum Gasteiger partial charge on any atom is 0.119 e. The van der Waals surface area contributed by atoms with Crippen LogP contribution in [0.3, 0.4) is 0 Å². The van der Waals surface area contributed by atoms with Crippen LogP contribution in [0.15, 0.2) is 66.7 Å². The average molecular weight is 376 g/mol. The lowest BCUT2D eigenvalue weighted by Crippen LogP contribution is -2.37. The lowest BCUT2D eigenvalue weighted by molar-refractivity contribution is 0.262. The van der Waals surface area contributed by atoms with Gasteiger partial charge in [-0.3, -0.25) is 0 Å². The van der Waals surface area contributed by atoms with Crippen LogP contribution in [0.2, 0.25) is 0 Å². The molecule has 0 saturated carbocycles. The van der Waals surface area contributed by atoms with Gasteiger partial charge in [0.25, 0.3) is 0 Å². The van der Waals surface area contributed by atoms with Crippen molar-refractivity contribution in [1.82, 2.24) is 0 Å². The van der Waals surface area contributed by atoms with E-state index in [0.29, 0.717) is 12.5 Å². The summed E-state index contributed by atoms with van der Waals surface area (Å²) in [5.41, 5.74) is 8.80. The fraction of sp³-hybridized carbons (Fsp3) is 0.385. The van der Waals surface area contributed by atoms with E-state index in [1.807, 2.05) is 0 Å². The molecule has 0 amide bonds. The molecule has 0 bridgehead atoms. The van der Waals surface area contributed by atoms with Crippen LogP contribution in [0.4, 0.5) is 0 Å². The van der Waals surface area contributed by atoms with Crippen molar-refractivity contribution in [2.75, 3.05) is 0 Å². The predicted molar refractivity (Wildman–Crippen MR) is 120 cm³/mol. The van der Waals surface area contributed by atoms with Gasteiger partial charge < -0.3 is 10.5 Å². The zero-order valence-electron chi connectivity index (χ0n) is 17.8. The van der Waals surface area contributed by atoms with Gasteiger partial charge in [0.05, 0.1) is 0 Å². The van der Waals surface area contributed by atoms with E-state index < -0.39 is 0 Å². The standard InChI is InChI=1S/C26H33NO/c1-25(2,3)24(17-26(4,5)27)21-12-14-23(15-13-21)28-18-19-10-11-20-8-6-7-9-22(20)16-19/h6-16,24H,17-18,27H2,1-5H3. The van der Waals surface area contributed by atoms with Gasteiger partial charge in [0.2, 0.25) is 0 Å². The van der Waals surface area contributed by atoms with Gasteiger partial charge in [0.15, 0.2) is 0 Å². The number of ether oxygens (including phenoxy) is 1. The quantitative estimate of drug-likeness (QED) is 0.522. The molecule has 0 heterocycles. The van der Waals surface area contributed by atoms with Crippen molar-refractivity contribution in [3.63, 3.8) is 0 Å². The van der Waals surface area contributed by atoms with Crippen molar-refractivity contribution < 1.29 is 4.74 Å². The van der Waals surface area contributed by atoms with Crippen LogP contribution >= 0.6 is 0 Å². The fourth-order valence-electron chi connectivity index (χ4n) is 3.74. The summed E-state index contributed by atoms with van der Waals surface area (Å²) in [6, 6.07) is 23.4. The summed E-state index contributed by atoms with van der Waals surface area (Å²) < 4.78 is 6.04. The van der Waals surface area contributed by atoms with Crippen molar-refractivity contribution in [1.29, 1.82) is 0 Å². The number of benzene rings is 3. The fourth-order valence-corrected chi connectivity index (χ4v) is 3.74. The number of nitrogens with two attached hydrogens (primary N) is 1. The molecule has 0 aliphatic carbocycles. The lowest BCUT2D eigenvalue weighted by Gasteiger charge is -2.36. The molecule has 0 fully saturated rings. The molecular formula is C26H33NO. The lowest BCUT2D eigenvalue weighted by atomic mass is 9.71. The molecule has 3 aromatic rings. The van der Waals surface area contributed by atoms with Gasteiger partial charge in [-0.2, -0.15) is 0 Å². The largest absolute Gasteiger partial charge is 0.489 e. The summed E-state index contributed by atoms with van der Waals surface area (Å²) in [5, 5.41) is 2.50. The second-order valence-electron chi connectivity index (χ2n) is 9.65. The number of fused-ring (bicyclic) bond motifs is 1. The van der Waals surface area contributed by atoms with E-state index in [1.165, 1.54) is 21.9 Å². The van der Waals surface area contributed by atoms with Crippen LogP contribution < -0.4 is 10.5 Å². The van der Waals surface area contributed by atoms with Gasteiger partial charge in [-0.1, -0.05) is 69.3 Å². The highest BCUT2D eigenvalue weighted by Crippen LogP contribution is 2.40. The van der Waals surface area contributed by atoms with Gasteiger partial charge in [-0.25, -0.2) is 0 Å². The highest BCUT2D eigenvalue weighted by molar-refractivity contribution is 5.82. The van der Waals surface area contributed by atoms with Crippen LogP contribution in [-0.4, -0.2) is 5.54 Å². The number of hydrogen-bond acceptors (Lipinski definition) is 2. The maximum atomic E-state index is 6.33. The first-order valence-corrected chi connectivity index (χ1v) is 10.1. The smallest absolute Gasteiger partial charge is 0.119 e. The van der Waals surface area contributed by atoms with Gasteiger partial charge in [-0.05, 0) is 71.7 Å². The summed E-state index contributed by atoms with van der Waals surface area (Å²) in [7, 11) is 0. The van der Waals surface area contributed by atoms with Gasteiger partial charge in [0.1, 0.15) is 12.4 Å². The normalized spacial score (nSPS) is 13.5. The van der Waals surface area contributed by atoms with Crippen LogP contribution in [0.25, 0.3) is 10.8 Å². The van der Waals surface area contributed by atoms with Crippen LogP contribution in [0.1, 0.15) is 58.1 Å². The third-order valence-electron chi connectivity index (χ3n) is 5.28. The van der Waals surface area contributed by atoms with E-state index in [9.17, 15) is 0 Å². The summed E-state index contributed by atoms with van der Waals surface area (Å²) in [4.78, 5) is 0. The topological polar surface area (TPSA) is 35.2 Å². The molecule has 0 spiro atoms. The zero-order chi connectivity index (χ0) is 20.4. The summed E-state index contributed by atoms with van der Waals surface area (Å²) in [6.07, 6.45) is 0.952. The van der Waals surface area contributed by atoms with Crippen molar-refractivity contribution in [3.8, 4) is 5.75 Å². The van der Waals surface area contributed by atoms with Crippen LogP contribution in [-0.2, 0) is 6.61 Å². The molecule has 3 rings (SSSR count). The Morgan fingerprint density at radius 2 is 1.46 bits per heavy atom. The summed E-state index contributed by atoms with van der Waals surface area (Å²) >= 11 is 0. The summed E-state index contributed by atoms with van der Waals surface area (Å²) in [5.74, 6) is 1.30. The number of rotatable bonds is 6. The van der Waals surface area contributed by atoms with E-state index >= 15 is 0 Å². The molecule has 1 unspecified atom stereocenters. The second-order valence-corrected chi connectivity index (χ2v) is 9.65. The molecule has 3 aromatic carbocycles. The van der Waals surface area contributed by atoms with Gasteiger partial charge in [0, 0.05) is 5.54 Å². The Labute approximate surface area is 169 Å². The maximum absolute atomic E-state index is 6.33.